The van der Waals surface area contributed by atoms with E-state index in [0.29, 0.717) is 37.1 Å². The number of hydrogen-bond donors (Lipinski definition) is 1. The molecule has 2 aliphatic rings. The van der Waals surface area contributed by atoms with Gasteiger partial charge in [0.2, 0.25) is 11.8 Å². The predicted molar refractivity (Wildman–Crippen MR) is 117 cm³/mol. The first-order valence-electron chi connectivity index (χ1n) is 10.9. The minimum absolute atomic E-state index is 0.105. The monoisotopic (exact) mass is 418 g/mol. The van der Waals surface area contributed by atoms with E-state index in [-0.39, 0.29) is 17.7 Å². The van der Waals surface area contributed by atoms with E-state index in [4.69, 9.17) is 4.74 Å². The van der Waals surface area contributed by atoms with Crippen molar-refractivity contribution in [1.29, 1.82) is 0 Å². The number of amides is 2. The Labute approximate surface area is 181 Å². The Morgan fingerprint density at radius 3 is 2.87 bits per heavy atom. The number of imidazole rings is 1. The Bertz CT molecular complexity index is 1070. The smallest absolute Gasteiger partial charge is 0.229 e. The molecule has 1 aliphatic heterocycles. The maximum absolute atomic E-state index is 12.8. The molecule has 160 valence electrons. The first-order valence-corrected chi connectivity index (χ1v) is 10.9. The molecule has 5 rings (SSSR count). The zero-order chi connectivity index (χ0) is 21.2. The highest BCUT2D eigenvalue weighted by Gasteiger charge is 2.38. The number of nitrogens with zero attached hydrogens (tertiary/aromatic N) is 3. The van der Waals surface area contributed by atoms with Crippen molar-refractivity contribution in [1.82, 2.24) is 14.3 Å². The lowest BCUT2D eigenvalue weighted by molar-refractivity contribution is -0.129. The summed E-state index contributed by atoms with van der Waals surface area (Å²) in [6.07, 6.45) is 8.65. The van der Waals surface area contributed by atoms with Gasteiger partial charge in [0, 0.05) is 43.2 Å². The van der Waals surface area contributed by atoms with Crippen LogP contribution in [0.2, 0.25) is 0 Å². The Kier molecular flexibility index (Phi) is 5.32. The lowest BCUT2D eigenvalue weighted by Crippen LogP contribution is -2.35. The van der Waals surface area contributed by atoms with Gasteiger partial charge in [0.15, 0.2) is 0 Å². The van der Waals surface area contributed by atoms with Crippen LogP contribution in [0.15, 0.2) is 54.9 Å². The van der Waals surface area contributed by atoms with Crippen LogP contribution < -0.4 is 10.1 Å². The number of aromatic nitrogens is 2. The molecular formula is C24H26N4O3. The summed E-state index contributed by atoms with van der Waals surface area (Å²) in [7, 11) is 0. The summed E-state index contributed by atoms with van der Waals surface area (Å²) in [5, 5.41) is 2.96. The molecule has 0 radical (unpaired) electrons. The molecule has 7 nitrogen and oxygen atoms in total. The van der Waals surface area contributed by atoms with E-state index in [1.54, 1.807) is 6.07 Å². The van der Waals surface area contributed by atoms with E-state index in [9.17, 15) is 9.59 Å². The molecule has 2 fully saturated rings. The number of anilines is 1. The van der Waals surface area contributed by atoms with Crippen LogP contribution in [0, 0.1) is 5.92 Å². The molecule has 1 aliphatic carbocycles. The number of benzene rings is 1. The van der Waals surface area contributed by atoms with Crippen LogP contribution in [0.25, 0.3) is 5.65 Å². The van der Waals surface area contributed by atoms with Crippen molar-refractivity contribution < 1.29 is 14.3 Å². The van der Waals surface area contributed by atoms with E-state index in [0.717, 1.165) is 24.2 Å². The number of ether oxygens (including phenoxy) is 1. The van der Waals surface area contributed by atoms with Gasteiger partial charge in [-0.1, -0.05) is 25.0 Å². The fourth-order valence-electron chi connectivity index (χ4n) is 4.60. The van der Waals surface area contributed by atoms with Gasteiger partial charge in [0.25, 0.3) is 0 Å². The third-order valence-corrected chi connectivity index (χ3v) is 6.20. The summed E-state index contributed by atoms with van der Waals surface area (Å²) in [5.41, 5.74) is 2.38. The summed E-state index contributed by atoms with van der Waals surface area (Å²) in [6, 6.07) is 13.5. The summed E-state index contributed by atoms with van der Waals surface area (Å²) < 4.78 is 7.83. The first-order chi connectivity index (χ1) is 15.2. The van der Waals surface area contributed by atoms with E-state index < -0.39 is 0 Å². The van der Waals surface area contributed by atoms with Crippen LogP contribution >= 0.6 is 0 Å². The molecule has 31 heavy (non-hydrogen) atoms. The number of carbonyl (C=O) groups excluding carboxylic acids is 2. The van der Waals surface area contributed by atoms with Gasteiger partial charge in [-0.25, -0.2) is 4.98 Å². The Hall–Kier alpha value is -3.35. The van der Waals surface area contributed by atoms with Crippen molar-refractivity contribution in [3.8, 4) is 5.75 Å². The second-order valence-electron chi connectivity index (χ2n) is 8.39. The number of pyridine rings is 1. The predicted octanol–water partition coefficient (Wildman–Crippen LogP) is 3.64. The highest BCUT2D eigenvalue weighted by atomic mass is 16.5. The van der Waals surface area contributed by atoms with Crippen molar-refractivity contribution >= 4 is 23.1 Å². The average molecular weight is 418 g/mol. The summed E-state index contributed by atoms with van der Waals surface area (Å²) >= 11 is 0. The summed E-state index contributed by atoms with van der Waals surface area (Å²) in [5.74, 6) is 0.364. The van der Waals surface area contributed by atoms with E-state index in [1.165, 1.54) is 12.8 Å². The summed E-state index contributed by atoms with van der Waals surface area (Å²) in [6.45, 7) is 0.867. The number of nitrogens with one attached hydrogen (secondary N) is 1. The van der Waals surface area contributed by atoms with Gasteiger partial charge in [-0.15, -0.1) is 0 Å². The topological polar surface area (TPSA) is 75.9 Å². The van der Waals surface area contributed by atoms with Crippen LogP contribution in [0.3, 0.4) is 0 Å². The molecule has 3 aromatic rings. The molecule has 2 amide bonds. The molecule has 1 saturated heterocycles. The second kappa shape index (κ2) is 8.41. The second-order valence-corrected chi connectivity index (χ2v) is 8.39. The fourth-order valence-corrected chi connectivity index (χ4v) is 4.60. The largest absolute Gasteiger partial charge is 0.487 e. The summed E-state index contributed by atoms with van der Waals surface area (Å²) in [4.78, 5) is 31.6. The number of fused-ring (bicyclic) bond motifs is 1. The number of likely N-dealkylation sites (tertiary alicyclic amines) is 1. The van der Waals surface area contributed by atoms with Crippen LogP contribution in [-0.2, 0) is 16.2 Å². The van der Waals surface area contributed by atoms with Crippen LogP contribution in [0.1, 0.15) is 37.8 Å². The van der Waals surface area contributed by atoms with Gasteiger partial charge in [-0.2, -0.15) is 0 Å². The van der Waals surface area contributed by atoms with Crippen molar-refractivity contribution in [2.24, 2.45) is 5.92 Å². The Morgan fingerprint density at radius 1 is 1.16 bits per heavy atom. The molecular weight excluding hydrogens is 392 g/mol. The SMILES string of the molecule is O=C(Nc1cccc(OCc2cn3ccccc3n2)c1)C1CC(=O)N(C2CCCC2)C1. The minimum atomic E-state index is -0.296. The van der Waals surface area contributed by atoms with Gasteiger partial charge in [-0.3, -0.25) is 9.59 Å². The van der Waals surface area contributed by atoms with Crippen LogP contribution in [0.5, 0.6) is 5.75 Å². The number of rotatable bonds is 6. The molecule has 0 spiro atoms. The normalized spacial score (nSPS) is 19.3. The molecule has 1 aromatic carbocycles. The highest BCUT2D eigenvalue weighted by Crippen LogP contribution is 2.30. The third-order valence-electron chi connectivity index (χ3n) is 6.20. The molecule has 0 bridgehead atoms. The molecule has 1 atom stereocenters. The van der Waals surface area contributed by atoms with Crippen molar-refractivity contribution in [2.45, 2.75) is 44.8 Å². The van der Waals surface area contributed by atoms with E-state index in [2.05, 4.69) is 10.3 Å². The van der Waals surface area contributed by atoms with Gasteiger partial charge in [0.1, 0.15) is 18.0 Å². The highest BCUT2D eigenvalue weighted by molar-refractivity contribution is 5.97. The Morgan fingerprint density at radius 2 is 2.03 bits per heavy atom. The zero-order valence-electron chi connectivity index (χ0n) is 17.4. The maximum Gasteiger partial charge on any atom is 0.229 e. The third kappa shape index (κ3) is 4.26. The molecule has 1 N–H and O–H groups in total. The molecule has 3 heterocycles. The van der Waals surface area contributed by atoms with Crippen LogP contribution in [0.4, 0.5) is 5.69 Å². The number of carbonyl (C=O) groups is 2. The standard InChI is InChI=1S/C24H26N4O3/c29-23-12-17(14-28(23)20-7-1-2-8-20)24(30)26-18-6-5-9-21(13-18)31-16-19-15-27-11-4-3-10-22(27)25-19/h3-6,9-11,13,15,17,20H,1-2,7-8,12,14,16H2,(H,26,30). The lowest BCUT2D eigenvalue weighted by atomic mass is 10.1. The van der Waals surface area contributed by atoms with E-state index >= 15 is 0 Å². The molecule has 2 aromatic heterocycles. The van der Waals surface area contributed by atoms with Gasteiger partial charge in [0.05, 0.1) is 11.6 Å². The van der Waals surface area contributed by atoms with Crippen molar-refractivity contribution in [3.63, 3.8) is 0 Å². The zero-order valence-corrected chi connectivity index (χ0v) is 17.4. The molecule has 7 heteroatoms. The molecule has 1 unspecified atom stereocenters. The van der Waals surface area contributed by atoms with Crippen molar-refractivity contribution in [3.05, 3.63) is 60.6 Å². The minimum Gasteiger partial charge on any atom is -0.487 e. The first kappa shape index (κ1) is 19.6. The maximum atomic E-state index is 12.8. The van der Waals surface area contributed by atoms with Crippen LogP contribution in [-0.4, -0.2) is 38.7 Å². The fraction of sp³-hybridized carbons (Fsp3) is 0.375. The van der Waals surface area contributed by atoms with E-state index in [1.807, 2.05) is 58.1 Å². The quantitative estimate of drug-likeness (QED) is 0.663. The van der Waals surface area contributed by atoms with Gasteiger partial charge in [-0.05, 0) is 37.1 Å². The molecule has 1 saturated carbocycles. The average Bonchev–Trinajstić information content (AvgIpc) is 3.51. The lowest BCUT2D eigenvalue weighted by Gasteiger charge is -2.23. The van der Waals surface area contributed by atoms with Crippen molar-refractivity contribution in [2.75, 3.05) is 11.9 Å². The van der Waals surface area contributed by atoms with Gasteiger partial charge >= 0.3 is 0 Å². The number of hydrogen-bond acceptors (Lipinski definition) is 4. The Balaban J connectivity index is 1.19. The van der Waals surface area contributed by atoms with Gasteiger partial charge < -0.3 is 19.4 Å².